The van der Waals surface area contributed by atoms with E-state index in [2.05, 4.69) is 5.32 Å². The molecule has 1 aliphatic heterocycles. The number of amides is 1. The Kier molecular flexibility index (Phi) is 4.64. The molecule has 96 valence electrons. The Morgan fingerprint density at radius 1 is 1.39 bits per heavy atom. The van der Waals surface area contributed by atoms with Crippen LogP contribution < -0.4 is 5.32 Å². The van der Waals surface area contributed by atoms with Crippen molar-refractivity contribution in [3.8, 4) is 0 Å². The number of cyclic esters (lactones) is 1. The third kappa shape index (κ3) is 3.77. The van der Waals surface area contributed by atoms with Gasteiger partial charge in [-0.3, -0.25) is 4.79 Å². The van der Waals surface area contributed by atoms with E-state index in [1.165, 1.54) is 17.3 Å². The minimum absolute atomic E-state index is 0.111. The molecule has 0 unspecified atom stereocenters. The van der Waals surface area contributed by atoms with E-state index < -0.39 is 6.04 Å². The van der Waals surface area contributed by atoms with Gasteiger partial charge in [0.25, 0.3) is 0 Å². The zero-order valence-corrected chi connectivity index (χ0v) is 10.7. The third-order valence-corrected chi connectivity index (χ3v) is 3.62. The molecule has 18 heavy (non-hydrogen) atoms. The third-order valence-electron chi connectivity index (χ3n) is 2.62. The summed E-state index contributed by atoms with van der Waals surface area (Å²) >= 11 is 1.53. The van der Waals surface area contributed by atoms with Crippen LogP contribution in [0.1, 0.15) is 12.0 Å². The maximum atomic E-state index is 11.6. The van der Waals surface area contributed by atoms with Gasteiger partial charge >= 0.3 is 5.97 Å². The second kappa shape index (κ2) is 6.44. The predicted octanol–water partition coefficient (Wildman–Crippen LogP) is 1.35. The monoisotopic (exact) mass is 265 g/mol. The van der Waals surface area contributed by atoms with Crippen LogP contribution >= 0.6 is 11.8 Å². The van der Waals surface area contributed by atoms with Crippen molar-refractivity contribution >= 4 is 23.6 Å². The van der Waals surface area contributed by atoms with Gasteiger partial charge in [0.1, 0.15) is 6.04 Å². The van der Waals surface area contributed by atoms with Crippen LogP contribution in [0.4, 0.5) is 0 Å². The molecular formula is C13H15NO3S. The first-order valence-electron chi connectivity index (χ1n) is 5.83. The lowest BCUT2D eigenvalue weighted by Crippen LogP contribution is -2.38. The molecule has 1 amide bonds. The largest absolute Gasteiger partial charge is 0.464 e. The molecule has 0 spiro atoms. The number of carbonyl (C=O) groups is 2. The lowest BCUT2D eigenvalue weighted by Gasteiger charge is -2.08. The zero-order chi connectivity index (χ0) is 12.8. The first-order valence-corrected chi connectivity index (χ1v) is 6.99. The summed E-state index contributed by atoms with van der Waals surface area (Å²) in [5, 5.41) is 2.68. The lowest BCUT2D eigenvalue weighted by molar-refractivity contribution is -0.141. The summed E-state index contributed by atoms with van der Waals surface area (Å²) in [6.07, 6.45) is 0.577. The molecule has 1 N–H and O–H groups in total. The van der Waals surface area contributed by atoms with Crippen molar-refractivity contribution in [2.75, 3.05) is 12.4 Å². The second-order valence-electron chi connectivity index (χ2n) is 4.05. The Hall–Kier alpha value is -1.49. The van der Waals surface area contributed by atoms with Crippen molar-refractivity contribution in [3.05, 3.63) is 35.9 Å². The summed E-state index contributed by atoms with van der Waals surface area (Å²) in [5.41, 5.74) is 1.19. The standard InChI is InChI=1S/C13H15NO3S/c15-12(14-11-6-7-17-13(11)16)9-18-8-10-4-2-1-3-5-10/h1-5,11H,6-9H2,(H,14,15)/t11-/m0/s1. The Labute approximate surface area is 110 Å². The first kappa shape index (κ1) is 13.0. The van der Waals surface area contributed by atoms with Crippen molar-refractivity contribution in [1.82, 2.24) is 5.32 Å². The highest BCUT2D eigenvalue weighted by atomic mass is 32.2. The maximum Gasteiger partial charge on any atom is 0.328 e. The fraction of sp³-hybridized carbons (Fsp3) is 0.385. The number of ether oxygens (including phenoxy) is 1. The van der Waals surface area contributed by atoms with Gasteiger partial charge in [0.05, 0.1) is 12.4 Å². The van der Waals surface area contributed by atoms with Gasteiger partial charge < -0.3 is 10.1 Å². The van der Waals surface area contributed by atoms with E-state index in [0.717, 1.165) is 5.75 Å². The molecule has 0 saturated carbocycles. The summed E-state index contributed by atoms with van der Waals surface area (Å²) in [6, 6.07) is 9.52. The average Bonchev–Trinajstić information content (AvgIpc) is 2.76. The quantitative estimate of drug-likeness (QED) is 0.817. The normalized spacial score (nSPS) is 18.4. The van der Waals surface area contributed by atoms with Gasteiger partial charge in [-0.05, 0) is 5.56 Å². The molecule has 1 aromatic carbocycles. The smallest absolute Gasteiger partial charge is 0.328 e. The van der Waals surface area contributed by atoms with Crippen molar-refractivity contribution < 1.29 is 14.3 Å². The van der Waals surface area contributed by atoms with Gasteiger partial charge in [0.15, 0.2) is 0 Å². The minimum Gasteiger partial charge on any atom is -0.464 e. The van der Waals surface area contributed by atoms with Crippen molar-refractivity contribution in [1.29, 1.82) is 0 Å². The molecule has 4 nitrogen and oxygen atoms in total. The Morgan fingerprint density at radius 2 is 2.17 bits per heavy atom. The minimum atomic E-state index is -0.449. The molecule has 0 radical (unpaired) electrons. The van der Waals surface area contributed by atoms with E-state index >= 15 is 0 Å². The van der Waals surface area contributed by atoms with Crippen LogP contribution in [-0.4, -0.2) is 30.3 Å². The van der Waals surface area contributed by atoms with E-state index in [1.54, 1.807) is 0 Å². The Balaban J connectivity index is 1.67. The summed E-state index contributed by atoms with van der Waals surface area (Å²) in [4.78, 5) is 22.8. The molecule has 2 rings (SSSR count). The van der Waals surface area contributed by atoms with E-state index in [9.17, 15) is 9.59 Å². The molecule has 1 fully saturated rings. The molecule has 0 bridgehead atoms. The Morgan fingerprint density at radius 3 is 2.83 bits per heavy atom. The van der Waals surface area contributed by atoms with Gasteiger partial charge in [0.2, 0.25) is 5.91 Å². The van der Waals surface area contributed by atoms with E-state index in [4.69, 9.17) is 4.74 Å². The molecule has 0 aliphatic carbocycles. The molecule has 1 atom stereocenters. The Bertz CT molecular complexity index is 422. The number of hydrogen-bond acceptors (Lipinski definition) is 4. The van der Waals surface area contributed by atoms with Crippen LogP contribution in [0.3, 0.4) is 0 Å². The molecule has 1 heterocycles. The van der Waals surface area contributed by atoms with Gasteiger partial charge in [0, 0.05) is 12.2 Å². The molecule has 0 aromatic heterocycles. The average molecular weight is 265 g/mol. The summed E-state index contributed by atoms with van der Waals surface area (Å²) in [7, 11) is 0. The van der Waals surface area contributed by atoms with Crippen molar-refractivity contribution in [2.24, 2.45) is 0 Å². The van der Waals surface area contributed by atoms with Gasteiger partial charge in [-0.15, -0.1) is 11.8 Å². The molecule has 1 aromatic rings. The summed E-state index contributed by atoms with van der Waals surface area (Å²) in [6.45, 7) is 0.404. The highest BCUT2D eigenvalue weighted by Gasteiger charge is 2.27. The van der Waals surface area contributed by atoms with Crippen LogP contribution in [0.25, 0.3) is 0 Å². The maximum absolute atomic E-state index is 11.6. The number of esters is 1. The van der Waals surface area contributed by atoms with Gasteiger partial charge in [-0.25, -0.2) is 4.79 Å². The number of rotatable bonds is 5. The van der Waals surface area contributed by atoms with Crippen LogP contribution in [0.15, 0.2) is 30.3 Å². The summed E-state index contributed by atoms with van der Waals surface area (Å²) in [5.74, 6) is 0.721. The van der Waals surface area contributed by atoms with Crippen molar-refractivity contribution in [2.45, 2.75) is 18.2 Å². The second-order valence-corrected chi connectivity index (χ2v) is 5.04. The van der Waals surface area contributed by atoms with Crippen LogP contribution in [0, 0.1) is 0 Å². The fourth-order valence-corrected chi connectivity index (χ4v) is 2.50. The van der Waals surface area contributed by atoms with E-state index in [0.29, 0.717) is 18.8 Å². The van der Waals surface area contributed by atoms with Crippen LogP contribution in [0.5, 0.6) is 0 Å². The highest BCUT2D eigenvalue weighted by molar-refractivity contribution is 7.99. The number of benzene rings is 1. The lowest BCUT2D eigenvalue weighted by atomic mass is 10.2. The zero-order valence-electron chi connectivity index (χ0n) is 9.93. The van der Waals surface area contributed by atoms with Crippen LogP contribution in [-0.2, 0) is 20.1 Å². The van der Waals surface area contributed by atoms with Crippen LogP contribution in [0.2, 0.25) is 0 Å². The van der Waals surface area contributed by atoms with Crippen molar-refractivity contribution in [3.63, 3.8) is 0 Å². The fourth-order valence-electron chi connectivity index (χ4n) is 1.70. The molecule has 5 heteroatoms. The molecular weight excluding hydrogens is 250 g/mol. The summed E-state index contributed by atoms with van der Waals surface area (Å²) < 4.78 is 4.78. The number of carbonyl (C=O) groups excluding carboxylic acids is 2. The molecule has 1 saturated heterocycles. The highest BCUT2D eigenvalue weighted by Crippen LogP contribution is 2.12. The van der Waals surface area contributed by atoms with Gasteiger partial charge in [-0.2, -0.15) is 0 Å². The number of thioether (sulfide) groups is 1. The number of nitrogens with one attached hydrogen (secondary N) is 1. The molecule has 1 aliphatic rings. The SMILES string of the molecule is O=C(CSCc1ccccc1)N[C@H]1CCOC1=O. The number of hydrogen-bond donors (Lipinski definition) is 1. The van der Waals surface area contributed by atoms with E-state index in [-0.39, 0.29) is 11.9 Å². The topological polar surface area (TPSA) is 55.4 Å². The van der Waals surface area contributed by atoms with Gasteiger partial charge in [-0.1, -0.05) is 30.3 Å². The predicted molar refractivity (Wildman–Crippen MR) is 70.1 cm³/mol. The first-order chi connectivity index (χ1) is 8.75. The van der Waals surface area contributed by atoms with E-state index in [1.807, 2.05) is 30.3 Å².